The van der Waals surface area contributed by atoms with Crippen LogP contribution >= 0.6 is 27.5 Å². The van der Waals surface area contributed by atoms with Crippen LogP contribution < -0.4 is 4.74 Å². The minimum atomic E-state index is -0.00310. The lowest BCUT2D eigenvalue weighted by atomic mass is 10.1. The van der Waals surface area contributed by atoms with Gasteiger partial charge in [-0.3, -0.25) is 4.79 Å². The van der Waals surface area contributed by atoms with Gasteiger partial charge in [0.2, 0.25) is 0 Å². The molecule has 0 spiro atoms. The van der Waals surface area contributed by atoms with Crippen molar-refractivity contribution in [2.45, 2.75) is 39.7 Å². The summed E-state index contributed by atoms with van der Waals surface area (Å²) in [7, 11) is 0. The first-order valence-corrected chi connectivity index (χ1v) is 8.06. The van der Waals surface area contributed by atoms with Gasteiger partial charge < -0.3 is 9.64 Å². The Labute approximate surface area is 133 Å². The van der Waals surface area contributed by atoms with Crippen molar-refractivity contribution < 1.29 is 9.53 Å². The summed E-state index contributed by atoms with van der Waals surface area (Å²) < 4.78 is 6.56. The summed E-state index contributed by atoms with van der Waals surface area (Å²) in [4.78, 5) is 14.7. The summed E-state index contributed by atoms with van der Waals surface area (Å²) in [5, 5.41) is 0.522. The summed E-state index contributed by atoms with van der Waals surface area (Å²) >= 11 is 9.80. The molecule has 0 unspecified atom stereocenters. The van der Waals surface area contributed by atoms with Gasteiger partial charge in [0, 0.05) is 17.1 Å². The quantitative estimate of drug-likeness (QED) is 0.780. The molecule has 1 aliphatic heterocycles. The summed E-state index contributed by atoms with van der Waals surface area (Å²) in [6.45, 7) is 7.37. The Balaban J connectivity index is 2.53. The highest BCUT2D eigenvalue weighted by atomic mass is 79.9. The summed E-state index contributed by atoms with van der Waals surface area (Å²) in [6, 6.07) is 2.03. The molecule has 1 aromatic rings. The first-order valence-electron chi connectivity index (χ1n) is 6.89. The topological polar surface area (TPSA) is 29.5 Å². The molecule has 1 atom stereocenters. The molecule has 1 aliphatic rings. The van der Waals surface area contributed by atoms with Crippen molar-refractivity contribution in [3.05, 3.63) is 26.7 Å². The first-order chi connectivity index (χ1) is 9.47. The van der Waals surface area contributed by atoms with E-state index in [1.165, 1.54) is 0 Å². The molecule has 0 saturated carbocycles. The highest BCUT2D eigenvalue weighted by Gasteiger charge is 2.28. The van der Waals surface area contributed by atoms with Gasteiger partial charge in [-0.05, 0) is 38.3 Å². The van der Waals surface area contributed by atoms with Crippen LogP contribution in [0.25, 0.3) is 0 Å². The molecule has 3 nitrogen and oxygen atoms in total. The van der Waals surface area contributed by atoms with E-state index in [2.05, 4.69) is 29.8 Å². The van der Waals surface area contributed by atoms with Crippen molar-refractivity contribution in [1.29, 1.82) is 0 Å². The van der Waals surface area contributed by atoms with Gasteiger partial charge in [0.15, 0.2) is 5.75 Å². The molecule has 0 bridgehead atoms. The monoisotopic (exact) mass is 359 g/mol. The molecule has 1 aromatic carbocycles. The first kappa shape index (κ1) is 15.6. The smallest absolute Gasteiger partial charge is 0.257 e. The fourth-order valence-corrected chi connectivity index (χ4v) is 3.10. The molecule has 20 heavy (non-hydrogen) atoms. The van der Waals surface area contributed by atoms with Crippen LogP contribution in [-0.4, -0.2) is 30.0 Å². The lowest BCUT2D eigenvalue weighted by Gasteiger charge is -2.31. The van der Waals surface area contributed by atoms with Crippen molar-refractivity contribution in [1.82, 2.24) is 4.90 Å². The van der Waals surface area contributed by atoms with Crippen LogP contribution in [-0.2, 0) is 0 Å². The Morgan fingerprint density at radius 2 is 2.25 bits per heavy atom. The molecule has 2 rings (SSSR count). The number of rotatable bonds is 2. The maximum atomic E-state index is 12.8. The predicted molar refractivity (Wildman–Crippen MR) is 84.8 cm³/mol. The van der Waals surface area contributed by atoms with Gasteiger partial charge in [0.25, 0.3) is 5.91 Å². The SMILES string of the molecule is CC[C@H](C)N1CCCOc2c(cc(Br)c(C)c2Cl)C1=O. The number of fused-ring (bicyclic) bond motifs is 1. The second kappa shape index (κ2) is 6.35. The largest absolute Gasteiger partial charge is 0.491 e. The van der Waals surface area contributed by atoms with Gasteiger partial charge in [0.05, 0.1) is 17.2 Å². The summed E-state index contributed by atoms with van der Waals surface area (Å²) in [5.41, 5.74) is 1.45. The zero-order valence-corrected chi connectivity index (χ0v) is 14.3. The number of hydrogen-bond donors (Lipinski definition) is 0. The van der Waals surface area contributed by atoms with Crippen LogP contribution in [0.4, 0.5) is 0 Å². The highest BCUT2D eigenvalue weighted by molar-refractivity contribution is 9.10. The predicted octanol–water partition coefficient (Wildman–Crippen LogP) is 4.43. The van der Waals surface area contributed by atoms with E-state index in [4.69, 9.17) is 16.3 Å². The molecule has 0 radical (unpaired) electrons. The maximum absolute atomic E-state index is 12.8. The van der Waals surface area contributed by atoms with Crippen LogP contribution in [0.5, 0.6) is 5.75 Å². The molecule has 1 amide bonds. The Hall–Kier alpha value is -0.740. The van der Waals surface area contributed by atoms with Gasteiger partial charge in [-0.2, -0.15) is 0 Å². The summed E-state index contributed by atoms with van der Waals surface area (Å²) in [6.07, 6.45) is 1.75. The van der Waals surface area contributed by atoms with E-state index in [0.29, 0.717) is 22.9 Å². The molecular formula is C15H19BrClNO2. The van der Waals surface area contributed by atoms with Crippen molar-refractivity contribution in [3.63, 3.8) is 0 Å². The second-order valence-corrected chi connectivity index (χ2v) is 6.36. The number of benzene rings is 1. The molecule has 0 aliphatic carbocycles. The molecular weight excluding hydrogens is 342 g/mol. The van der Waals surface area contributed by atoms with Crippen molar-refractivity contribution in [3.8, 4) is 5.75 Å². The van der Waals surface area contributed by atoms with Crippen molar-refractivity contribution in [2.24, 2.45) is 0 Å². The van der Waals surface area contributed by atoms with Crippen LogP contribution in [0, 0.1) is 6.92 Å². The third-order valence-electron chi connectivity index (χ3n) is 3.81. The Kier molecular flexibility index (Phi) is 4.97. The van der Waals surface area contributed by atoms with E-state index >= 15 is 0 Å². The fourth-order valence-electron chi connectivity index (χ4n) is 2.30. The fraction of sp³-hybridized carbons (Fsp3) is 0.533. The number of carbonyl (C=O) groups is 1. The molecule has 0 fully saturated rings. The Morgan fingerprint density at radius 3 is 2.90 bits per heavy atom. The van der Waals surface area contributed by atoms with Crippen LogP contribution in [0.3, 0.4) is 0 Å². The average Bonchev–Trinajstić information content (AvgIpc) is 2.43. The van der Waals surface area contributed by atoms with E-state index in [0.717, 1.165) is 29.4 Å². The zero-order chi connectivity index (χ0) is 14.9. The van der Waals surface area contributed by atoms with E-state index in [1.54, 1.807) is 0 Å². The van der Waals surface area contributed by atoms with Crippen molar-refractivity contribution >= 4 is 33.4 Å². The summed E-state index contributed by atoms with van der Waals surface area (Å²) in [5.74, 6) is 0.516. The Morgan fingerprint density at radius 1 is 1.55 bits per heavy atom. The second-order valence-electron chi connectivity index (χ2n) is 5.13. The van der Waals surface area contributed by atoms with Gasteiger partial charge in [-0.25, -0.2) is 0 Å². The molecule has 110 valence electrons. The molecule has 0 N–H and O–H groups in total. The number of amides is 1. The lowest BCUT2D eigenvalue weighted by Crippen LogP contribution is -2.40. The van der Waals surface area contributed by atoms with Crippen LogP contribution in [0.2, 0.25) is 5.02 Å². The number of ether oxygens (including phenoxy) is 1. The minimum absolute atomic E-state index is 0.00310. The van der Waals surface area contributed by atoms with Gasteiger partial charge >= 0.3 is 0 Å². The average molecular weight is 361 g/mol. The van der Waals surface area contributed by atoms with Gasteiger partial charge in [-0.15, -0.1) is 0 Å². The maximum Gasteiger partial charge on any atom is 0.257 e. The molecule has 0 saturated heterocycles. The number of carbonyl (C=O) groups excluding carboxylic acids is 1. The molecule has 0 aromatic heterocycles. The molecule has 5 heteroatoms. The van der Waals surface area contributed by atoms with E-state index < -0.39 is 0 Å². The van der Waals surface area contributed by atoms with E-state index in [1.807, 2.05) is 17.9 Å². The lowest BCUT2D eigenvalue weighted by molar-refractivity contribution is 0.0654. The Bertz CT molecular complexity index is 533. The van der Waals surface area contributed by atoms with Crippen LogP contribution in [0.15, 0.2) is 10.5 Å². The van der Waals surface area contributed by atoms with Crippen LogP contribution in [0.1, 0.15) is 42.6 Å². The van der Waals surface area contributed by atoms with Crippen molar-refractivity contribution in [2.75, 3.05) is 13.2 Å². The number of halogens is 2. The minimum Gasteiger partial charge on any atom is -0.491 e. The third-order valence-corrected chi connectivity index (χ3v) is 5.09. The van der Waals surface area contributed by atoms with E-state index in [-0.39, 0.29) is 11.9 Å². The number of nitrogens with zero attached hydrogens (tertiary/aromatic N) is 1. The number of hydrogen-bond acceptors (Lipinski definition) is 2. The normalized spacial score (nSPS) is 17.1. The van der Waals surface area contributed by atoms with Gasteiger partial charge in [-0.1, -0.05) is 34.5 Å². The molecule has 1 heterocycles. The van der Waals surface area contributed by atoms with E-state index in [9.17, 15) is 4.79 Å². The third kappa shape index (κ3) is 2.82. The zero-order valence-electron chi connectivity index (χ0n) is 12.0. The highest BCUT2D eigenvalue weighted by Crippen LogP contribution is 2.38. The standard InChI is InChI=1S/C15H19BrClNO2/c1-4-9(2)18-6-5-7-20-14-11(15(18)19)8-12(16)10(3)13(14)17/h8-9H,4-7H2,1-3H3/t9-/m0/s1. The van der Waals surface area contributed by atoms with Gasteiger partial charge in [0.1, 0.15) is 0 Å².